The molecule has 250 valence electrons. The Morgan fingerprint density at radius 3 is 1.24 bits per heavy atom. The predicted octanol–water partition coefficient (Wildman–Crippen LogP) is 10.1. The number of carbonyl (C=O) groups excluding carboxylic acids is 4. The molecule has 0 heterocycles. The Bertz CT molecular complexity index is 1450. The molecular formula is C32H32Cl6O8. The number of ether oxygens (including phenoxy) is 4. The quantitative estimate of drug-likeness (QED) is 0.102. The van der Waals surface area contributed by atoms with Crippen LogP contribution in [-0.4, -0.2) is 37.1 Å². The average Bonchev–Trinajstić information content (AvgIpc) is 2.97. The second-order valence-corrected chi connectivity index (χ2v) is 14.9. The Balaban J connectivity index is 1.53. The Morgan fingerprint density at radius 1 is 0.630 bits per heavy atom. The van der Waals surface area contributed by atoms with Crippen molar-refractivity contribution in [3.63, 3.8) is 0 Å². The lowest BCUT2D eigenvalue weighted by Crippen LogP contribution is -2.36. The number of esters is 4. The van der Waals surface area contributed by atoms with E-state index in [0.717, 1.165) is 50.7 Å². The van der Waals surface area contributed by atoms with Crippen molar-refractivity contribution in [2.24, 2.45) is 22.7 Å². The largest absolute Gasteiger partial charge is 0.462 e. The van der Waals surface area contributed by atoms with Gasteiger partial charge in [-0.15, -0.1) is 0 Å². The van der Waals surface area contributed by atoms with Crippen LogP contribution in [0.1, 0.15) is 86.9 Å². The zero-order valence-corrected chi connectivity index (χ0v) is 30.0. The van der Waals surface area contributed by atoms with Gasteiger partial charge in [-0.3, -0.25) is 0 Å². The highest BCUT2D eigenvalue weighted by Gasteiger charge is 2.39. The SMILES string of the molecule is CC(COC(=O)c1c(Cl)c(Cl)cc(Cl)c1OC(=O)C(=O)Oc1c(Cl)cc(Cl)c(Cl)c1C(=O)OCC(C)C1(C)CCC1)C1(C)CCC1. The first-order valence-electron chi connectivity index (χ1n) is 14.6. The lowest BCUT2D eigenvalue weighted by atomic mass is 9.63. The maximum atomic E-state index is 13.2. The molecule has 4 rings (SSSR count). The molecule has 0 N–H and O–H groups in total. The molecular weight excluding hydrogens is 725 g/mol. The molecule has 0 bridgehead atoms. The minimum Gasteiger partial charge on any atom is -0.462 e. The van der Waals surface area contributed by atoms with E-state index in [9.17, 15) is 19.2 Å². The monoisotopic (exact) mass is 754 g/mol. The topological polar surface area (TPSA) is 105 Å². The van der Waals surface area contributed by atoms with Gasteiger partial charge in [0.25, 0.3) is 0 Å². The molecule has 2 atom stereocenters. The van der Waals surface area contributed by atoms with E-state index in [0.29, 0.717) is 0 Å². The Kier molecular flexibility index (Phi) is 11.8. The molecule has 0 saturated heterocycles. The molecule has 0 radical (unpaired) electrons. The van der Waals surface area contributed by atoms with Crippen molar-refractivity contribution in [1.82, 2.24) is 0 Å². The van der Waals surface area contributed by atoms with Crippen LogP contribution in [0.25, 0.3) is 0 Å². The van der Waals surface area contributed by atoms with Crippen LogP contribution in [0, 0.1) is 22.7 Å². The number of hydrogen-bond acceptors (Lipinski definition) is 8. The number of benzene rings is 2. The van der Waals surface area contributed by atoms with Crippen LogP contribution in [0.3, 0.4) is 0 Å². The molecule has 2 unspecified atom stereocenters. The summed E-state index contributed by atoms with van der Waals surface area (Å²) in [5.41, 5.74) is -0.867. The summed E-state index contributed by atoms with van der Waals surface area (Å²) in [6.07, 6.45) is 6.19. The van der Waals surface area contributed by atoms with Crippen LogP contribution in [0.5, 0.6) is 11.5 Å². The summed E-state index contributed by atoms with van der Waals surface area (Å²) in [6, 6.07) is 2.26. The minimum atomic E-state index is -1.64. The molecule has 2 aliphatic carbocycles. The first-order valence-corrected chi connectivity index (χ1v) is 16.9. The Morgan fingerprint density at radius 2 is 0.957 bits per heavy atom. The van der Waals surface area contributed by atoms with E-state index < -0.39 is 46.5 Å². The van der Waals surface area contributed by atoms with Crippen LogP contribution >= 0.6 is 69.6 Å². The highest BCUT2D eigenvalue weighted by molar-refractivity contribution is 6.47. The third-order valence-corrected chi connectivity index (χ3v) is 11.7. The van der Waals surface area contributed by atoms with E-state index in [1.165, 1.54) is 0 Å². The first-order chi connectivity index (χ1) is 21.5. The van der Waals surface area contributed by atoms with Crippen LogP contribution in [0.2, 0.25) is 30.1 Å². The molecule has 0 spiro atoms. The van der Waals surface area contributed by atoms with E-state index >= 15 is 0 Å². The zero-order valence-electron chi connectivity index (χ0n) is 25.5. The molecule has 0 amide bonds. The zero-order chi connectivity index (χ0) is 34.1. The van der Waals surface area contributed by atoms with Crippen molar-refractivity contribution in [1.29, 1.82) is 0 Å². The van der Waals surface area contributed by atoms with Crippen molar-refractivity contribution in [3.05, 3.63) is 53.4 Å². The van der Waals surface area contributed by atoms with Crippen LogP contribution < -0.4 is 9.47 Å². The van der Waals surface area contributed by atoms with E-state index in [1.807, 2.05) is 13.8 Å². The molecule has 14 heteroatoms. The minimum absolute atomic E-state index is 0.0270. The summed E-state index contributed by atoms with van der Waals surface area (Å²) in [5, 5.41) is -1.48. The Labute approximate surface area is 297 Å². The van der Waals surface area contributed by atoms with Gasteiger partial charge in [-0.2, -0.15) is 0 Å². The van der Waals surface area contributed by atoms with Gasteiger partial charge in [0.15, 0.2) is 11.5 Å². The number of rotatable bonds is 10. The van der Waals surface area contributed by atoms with Gasteiger partial charge in [0.2, 0.25) is 0 Å². The maximum absolute atomic E-state index is 13.2. The fourth-order valence-corrected chi connectivity index (χ4v) is 6.83. The number of carbonyl (C=O) groups is 4. The van der Waals surface area contributed by atoms with E-state index in [1.54, 1.807) is 0 Å². The second-order valence-electron chi connectivity index (χ2n) is 12.5. The smallest absolute Gasteiger partial charge is 0.423 e. The van der Waals surface area contributed by atoms with Gasteiger partial charge in [0, 0.05) is 0 Å². The summed E-state index contributed by atoms with van der Waals surface area (Å²) in [5.74, 6) is -6.32. The fraction of sp³-hybridized carbons (Fsp3) is 0.500. The summed E-state index contributed by atoms with van der Waals surface area (Å²) in [7, 11) is 0. The molecule has 2 aliphatic rings. The third kappa shape index (κ3) is 7.68. The van der Waals surface area contributed by atoms with Gasteiger partial charge < -0.3 is 18.9 Å². The van der Waals surface area contributed by atoms with Gasteiger partial charge in [-0.1, -0.05) is 110 Å². The summed E-state index contributed by atoms with van der Waals surface area (Å²) in [4.78, 5) is 52.3. The predicted molar refractivity (Wildman–Crippen MR) is 177 cm³/mol. The van der Waals surface area contributed by atoms with Gasteiger partial charge in [0.1, 0.15) is 11.1 Å². The van der Waals surface area contributed by atoms with Crippen molar-refractivity contribution < 1.29 is 38.1 Å². The molecule has 46 heavy (non-hydrogen) atoms. The molecule has 2 fully saturated rings. The fourth-order valence-electron chi connectivity index (χ4n) is 5.39. The van der Waals surface area contributed by atoms with Gasteiger partial charge >= 0.3 is 23.9 Å². The molecule has 0 aliphatic heterocycles. The summed E-state index contributed by atoms with van der Waals surface area (Å²) < 4.78 is 21.4. The highest BCUT2D eigenvalue weighted by Crippen LogP contribution is 2.48. The van der Waals surface area contributed by atoms with E-state index in [-0.39, 0.29) is 66.0 Å². The van der Waals surface area contributed by atoms with Crippen LogP contribution in [-0.2, 0) is 19.1 Å². The maximum Gasteiger partial charge on any atom is 0.423 e. The van der Waals surface area contributed by atoms with E-state index in [4.69, 9.17) is 88.6 Å². The van der Waals surface area contributed by atoms with Crippen molar-refractivity contribution in [2.45, 2.75) is 66.2 Å². The Hall–Kier alpha value is -1.94. The van der Waals surface area contributed by atoms with Gasteiger partial charge in [-0.05, 0) is 60.5 Å². The van der Waals surface area contributed by atoms with Gasteiger partial charge in [0.05, 0.1) is 43.3 Å². The van der Waals surface area contributed by atoms with Crippen molar-refractivity contribution >= 4 is 93.5 Å². The summed E-state index contributed by atoms with van der Waals surface area (Å²) >= 11 is 37.4. The first kappa shape index (κ1) is 36.9. The normalized spacial score (nSPS) is 17.5. The van der Waals surface area contributed by atoms with Crippen LogP contribution in [0.15, 0.2) is 12.1 Å². The van der Waals surface area contributed by atoms with Crippen molar-refractivity contribution in [2.75, 3.05) is 13.2 Å². The standard InChI is InChI=1S/C32H32Cl6O8/c1-15(31(3)7-5-8-31)13-43-27(39)21-23(37)17(33)11-19(35)25(21)45-29(41)30(42)46-26-20(36)12-18(34)24(38)22(26)28(40)44-14-16(2)32(4)9-6-10-32/h11-12,15-16H,5-10,13-14H2,1-4H3. The molecule has 0 aromatic heterocycles. The highest BCUT2D eigenvalue weighted by atomic mass is 35.5. The van der Waals surface area contributed by atoms with Gasteiger partial charge in [-0.25, -0.2) is 19.2 Å². The molecule has 2 aromatic rings. The molecule has 8 nitrogen and oxygen atoms in total. The third-order valence-electron chi connectivity index (χ3n) is 9.52. The molecule has 2 saturated carbocycles. The van der Waals surface area contributed by atoms with Crippen molar-refractivity contribution in [3.8, 4) is 11.5 Å². The van der Waals surface area contributed by atoms with E-state index in [2.05, 4.69) is 13.8 Å². The number of halogens is 6. The number of hydrogen-bond donors (Lipinski definition) is 0. The average molecular weight is 757 g/mol. The lowest BCUT2D eigenvalue weighted by Gasteiger charge is -2.43. The lowest BCUT2D eigenvalue weighted by molar-refractivity contribution is -0.156. The summed E-state index contributed by atoms with van der Waals surface area (Å²) in [6.45, 7) is 8.25. The van der Waals surface area contributed by atoms with Crippen LogP contribution in [0.4, 0.5) is 0 Å². The molecule has 2 aromatic carbocycles. The second kappa shape index (κ2) is 14.7.